The number of ether oxygens (including phenoxy) is 4. The topological polar surface area (TPSA) is 158 Å². The molecule has 0 aromatic carbocycles. The van der Waals surface area contributed by atoms with Crippen molar-refractivity contribution >= 4 is 34.9 Å². The van der Waals surface area contributed by atoms with E-state index >= 15 is 4.39 Å². The highest BCUT2D eigenvalue weighted by Gasteiger charge is 2.71. The van der Waals surface area contributed by atoms with Crippen molar-refractivity contribution < 1.29 is 37.7 Å². The summed E-state index contributed by atoms with van der Waals surface area (Å²) in [6.45, 7) is 2.05. The van der Waals surface area contributed by atoms with Gasteiger partial charge in [0.15, 0.2) is 24.3 Å². The number of hydrogen-bond donors (Lipinski definition) is 1. The van der Waals surface area contributed by atoms with Gasteiger partial charge in [0.25, 0.3) is 11.5 Å². The van der Waals surface area contributed by atoms with Gasteiger partial charge in [-0.2, -0.15) is 0 Å². The van der Waals surface area contributed by atoms with Gasteiger partial charge in [-0.05, 0) is 5.92 Å². The van der Waals surface area contributed by atoms with Crippen LogP contribution in [-0.4, -0.2) is 61.6 Å². The normalized spacial score (nSPS) is 27.5. The molecule has 3 rings (SSSR count). The number of rotatable bonds is 5. The Morgan fingerprint density at radius 3 is 2.55 bits per heavy atom. The number of halogens is 1. The summed E-state index contributed by atoms with van der Waals surface area (Å²) in [5.74, 6) is -3.50. The van der Waals surface area contributed by atoms with Crippen LogP contribution in [0.15, 0.2) is 12.7 Å². The number of anilines is 1. The van der Waals surface area contributed by atoms with Crippen LogP contribution >= 0.6 is 0 Å². The van der Waals surface area contributed by atoms with Crippen LogP contribution in [0.1, 0.15) is 27.0 Å². The van der Waals surface area contributed by atoms with Gasteiger partial charge in [0.05, 0.1) is 6.33 Å². The highest BCUT2D eigenvalue weighted by molar-refractivity contribution is 5.81. The Kier molecular flexibility index (Phi) is 5.51. The number of hydrogen-bond acceptors (Lipinski definition) is 11. The first kappa shape index (κ1) is 21.9. The Labute approximate surface area is 174 Å². The van der Waals surface area contributed by atoms with Gasteiger partial charge in [0.2, 0.25) is 6.10 Å². The van der Waals surface area contributed by atoms with Gasteiger partial charge in [0, 0.05) is 20.8 Å². The first-order valence-corrected chi connectivity index (χ1v) is 8.81. The second-order valence-corrected chi connectivity index (χ2v) is 6.64. The SMILES string of the molecule is C#C[C@]1(OC(C)=O)[C@H](n2cnc3c(N)ncnc32)O[C@](F)(COC(C)=O)[C@H]1OC(C)=O. The van der Waals surface area contributed by atoms with E-state index in [0.717, 1.165) is 31.7 Å². The van der Waals surface area contributed by atoms with Crippen LogP contribution in [0, 0.1) is 12.3 Å². The van der Waals surface area contributed by atoms with E-state index in [1.165, 1.54) is 6.33 Å². The van der Waals surface area contributed by atoms with Crippen molar-refractivity contribution in [2.75, 3.05) is 12.3 Å². The van der Waals surface area contributed by atoms with Gasteiger partial charge in [-0.15, -0.1) is 6.42 Å². The molecule has 2 N–H and O–H groups in total. The number of esters is 3. The van der Waals surface area contributed by atoms with Crippen molar-refractivity contribution in [1.82, 2.24) is 19.5 Å². The molecular weight excluding hydrogens is 417 g/mol. The fourth-order valence-corrected chi connectivity index (χ4v) is 3.26. The molecule has 3 heterocycles. The second-order valence-electron chi connectivity index (χ2n) is 6.64. The van der Waals surface area contributed by atoms with Crippen LogP contribution in [0.3, 0.4) is 0 Å². The van der Waals surface area contributed by atoms with E-state index in [1.54, 1.807) is 0 Å². The maximum Gasteiger partial charge on any atom is 0.304 e. The Bertz CT molecular complexity index is 1100. The van der Waals surface area contributed by atoms with Crippen molar-refractivity contribution in [3.8, 4) is 12.3 Å². The van der Waals surface area contributed by atoms with E-state index in [0.29, 0.717) is 0 Å². The fourth-order valence-electron chi connectivity index (χ4n) is 3.26. The van der Waals surface area contributed by atoms with Crippen molar-refractivity contribution in [1.29, 1.82) is 0 Å². The lowest BCUT2D eigenvalue weighted by Crippen LogP contribution is -2.54. The number of carbonyl (C=O) groups excluding carboxylic acids is 3. The summed E-state index contributed by atoms with van der Waals surface area (Å²) in [7, 11) is 0. The van der Waals surface area contributed by atoms with Crippen LogP contribution in [0.5, 0.6) is 0 Å². The quantitative estimate of drug-likeness (QED) is 0.384. The molecule has 1 aliphatic heterocycles. The third kappa shape index (κ3) is 3.73. The number of nitrogens with zero attached hydrogens (tertiary/aromatic N) is 4. The van der Waals surface area contributed by atoms with Crippen LogP contribution in [0.4, 0.5) is 10.2 Å². The average Bonchev–Trinajstić information content (AvgIpc) is 3.20. The largest absolute Gasteiger partial charge is 0.460 e. The second kappa shape index (κ2) is 7.80. The maximum atomic E-state index is 16.0. The lowest BCUT2D eigenvalue weighted by atomic mass is 9.93. The van der Waals surface area contributed by atoms with E-state index in [2.05, 4.69) is 20.9 Å². The average molecular weight is 435 g/mol. The molecule has 12 nitrogen and oxygen atoms in total. The zero-order chi connectivity index (χ0) is 23.0. The highest BCUT2D eigenvalue weighted by Crippen LogP contribution is 2.50. The lowest BCUT2D eigenvalue weighted by Gasteiger charge is -2.33. The van der Waals surface area contributed by atoms with Crippen LogP contribution < -0.4 is 5.73 Å². The predicted octanol–water partition coefficient (Wildman–Crippen LogP) is 0.0330. The molecule has 0 unspecified atom stereocenters. The highest BCUT2D eigenvalue weighted by atomic mass is 19.2. The number of aromatic nitrogens is 4. The summed E-state index contributed by atoms with van der Waals surface area (Å²) >= 11 is 0. The first-order valence-electron chi connectivity index (χ1n) is 8.81. The first-order chi connectivity index (χ1) is 14.5. The molecule has 1 aliphatic rings. The van der Waals surface area contributed by atoms with Gasteiger partial charge in [-0.25, -0.2) is 19.3 Å². The third-order valence-electron chi connectivity index (χ3n) is 4.39. The molecular formula is C18H18FN5O7. The zero-order valence-corrected chi connectivity index (χ0v) is 16.7. The lowest BCUT2D eigenvalue weighted by molar-refractivity contribution is -0.223. The number of nitrogen functional groups attached to an aromatic ring is 1. The number of alkyl halides is 1. The minimum absolute atomic E-state index is 0.0171. The minimum Gasteiger partial charge on any atom is -0.460 e. The summed E-state index contributed by atoms with van der Waals surface area (Å²) in [5.41, 5.74) is 3.67. The summed E-state index contributed by atoms with van der Waals surface area (Å²) in [6, 6.07) is 0. The molecule has 1 fully saturated rings. The molecule has 0 bridgehead atoms. The van der Waals surface area contributed by atoms with Gasteiger partial charge in [-0.1, -0.05) is 0 Å². The molecule has 2 aromatic heterocycles. The van der Waals surface area contributed by atoms with Crippen LogP contribution in [-0.2, 0) is 33.3 Å². The van der Waals surface area contributed by atoms with E-state index in [-0.39, 0.29) is 17.0 Å². The van der Waals surface area contributed by atoms with E-state index in [4.69, 9.17) is 31.1 Å². The van der Waals surface area contributed by atoms with Crippen LogP contribution in [0.2, 0.25) is 0 Å². The summed E-state index contributed by atoms with van der Waals surface area (Å²) in [5, 5.41) is 0. The van der Waals surface area contributed by atoms with Gasteiger partial charge in [-0.3, -0.25) is 19.0 Å². The number of imidazole rings is 1. The van der Waals surface area contributed by atoms with Crippen molar-refractivity contribution in [2.45, 2.75) is 44.6 Å². The van der Waals surface area contributed by atoms with Crippen molar-refractivity contribution in [3.05, 3.63) is 12.7 Å². The van der Waals surface area contributed by atoms with E-state index in [1.807, 2.05) is 0 Å². The van der Waals surface area contributed by atoms with E-state index in [9.17, 15) is 14.4 Å². The molecule has 4 atom stereocenters. The molecule has 2 aromatic rings. The van der Waals surface area contributed by atoms with Crippen molar-refractivity contribution in [2.24, 2.45) is 0 Å². The summed E-state index contributed by atoms with van der Waals surface area (Å²) in [4.78, 5) is 46.8. The number of fused-ring (bicyclic) bond motifs is 1. The number of carbonyl (C=O) groups is 3. The summed E-state index contributed by atoms with van der Waals surface area (Å²) < 4.78 is 37.8. The standard InChI is InChI=1S/C18H18FN5O7/c1-5-17(30-11(4)27)15(29-10(3)26)18(19,6-28-9(2)25)31-16(17)24-8-23-12-13(20)21-7-22-14(12)24/h1,7-8,15-16H,6H2,2-4H3,(H2,20,21,22)/t15-,16+,17+,18+/m0/s1. The predicted molar refractivity (Wildman–Crippen MR) is 99.2 cm³/mol. The van der Waals surface area contributed by atoms with E-state index < -0.39 is 48.3 Å². The third-order valence-corrected chi connectivity index (χ3v) is 4.39. The minimum atomic E-state index is -2.99. The Morgan fingerprint density at radius 2 is 1.97 bits per heavy atom. The Hall–Kier alpha value is -3.79. The summed E-state index contributed by atoms with van der Waals surface area (Å²) in [6.07, 6.45) is 4.32. The zero-order valence-electron chi connectivity index (χ0n) is 16.7. The smallest absolute Gasteiger partial charge is 0.304 e. The molecule has 31 heavy (non-hydrogen) atoms. The Morgan fingerprint density at radius 1 is 1.26 bits per heavy atom. The van der Waals surface area contributed by atoms with Gasteiger partial charge in [0.1, 0.15) is 11.8 Å². The van der Waals surface area contributed by atoms with Crippen LogP contribution in [0.25, 0.3) is 11.2 Å². The van der Waals surface area contributed by atoms with Gasteiger partial charge < -0.3 is 24.7 Å². The molecule has 0 saturated carbocycles. The van der Waals surface area contributed by atoms with Crippen molar-refractivity contribution in [3.63, 3.8) is 0 Å². The molecule has 1 saturated heterocycles. The fraction of sp³-hybridized carbons (Fsp3) is 0.444. The number of nitrogens with two attached hydrogens (primary N) is 1. The molecule has 0 radical (unpaired) electrons. The molecule has 164 valence electrons. The maximum absolute atomic E-state index is 16.0. The van der Waals surface area contributed by atoms with Gasteiger partial charge >= 0.3 is 17.9 Å². The molecule has 0 amide bonds. The molecule has 13 heteroatoms. The Balaban J connectivity index is 2.23. The molecule has 0 aliphatic carbocycles. The molecule has 0 spiro atoms. The monoisotopic (exact) mass is 435 g/mol. The number of terminal acetylenes is 1.